The number of nitrogens with zero attached hydrogens (tertiary/aromatic N) is 5. The predicted molar refractivity (Wildman–Crippen MR) is 69.5 cm³/mol. The maximum Gasteiger partial charge on any atom is 0.278 e. The van der Waals surface area contributed by atoms with E-state index in [-0.39, 0.29) is 11.5 Å². The number of aromatic nitrogens is 8. The highest BCUT2D eigenvalue weighted by atomic mass is 16.1. The first-order valence-electron chi connectivity index (χ1n) is 5.66. The van der Waals surface area contributed by atoms with Crippen LogP contribution in [0.25, 0.3) is 22.2 Å². The maximum atomic E-state index is 11.8. The van der Waals surface area contributed by atoms with Crippen molar-refractivity contribution in [3.8, 4) is 0 Å². The Hall–Kier alpha value is -3.30. The Morgan fingerprint density at radius 2 is 2.20 bits per heavy atom. The van der Waals surface area contributed by atoms with Crippen molar-refractivity contribution in [1.82, 2.24) is 40.1 Å². The Labute approximate surface area is 109 Å². The number of H-pyrrole nitrogens is 3. The zero-order valence-corrected chi connectivity index (χ0v) is 9.88. The van der Waals surface area contributed by atoms with Crippen LogP contribution in [-0.4, -0.2) is 40.1 Å². The Bertz CT molecular complexity index is 965. The van der Waals surface area contributed by atoms with Gasteiger partial charge in [-0.05, 0) is 0 Å². The molecule has 20 heavy (non-hydrogen) atoms. The van der Waals surface area contributed by atoms with Crippen molar-refractivity contribution in [1.29, 1.82) is 0 Å². The number of imidazole rings is 1. The van der Waals surface area contributed by atoms with Gasteiger partial charge >= 0.3 is 0 Å². The average Bonchev–Trinajstić information content (AvgIpc) is 3.07. The molecule has 4 rings (SSSR count). The van der Waals surface area contributed by atoms with Gasteiger partial charge in [-0.1, -0.05) is 0 Å². The average molecular weight is 269 g/mol. The zero-order valence-electron chi connectivity index (χ0n) is 9.88. The number of anilines is 2. The van der Waals surface area contributed by atoms with Gasteiger partial charge in [0.2, 0.25) is 5.95 Å². The van der Waals surface area contributed by atoms with Crippen LogP contribution in [0.15, 0.2) is 23.6 Å². The van der Waals surface area contributed by atoms with Gasteiger partial charge in [0, 0.05) is 0 Å². The summed E-state index contributed by atoms with van der Waals surface area (Å²) in [5.74, 6) is 0.682. The molecule has 0 aliphatic rings. The highest BCUT2D eigenvalue weighted by molar-refractivity contribution is 5.86. The molecule has 0 atom stereocenters. The largest absolute Gasteiger partial charge is 0.339 e. The van der Waals surface area contributed by atoms with Gasteiger partial charge in [-0.25, -0.2) is 15.0 Å². The van der Waals surface area contributed by atoms with Gasteiger partial charge in [-0.3, -0.25) is 14.9 Å². The van der Waals surface area contributed by atoms with Gasteiger partial charge in [0.15, 0.2) is 17.0 Å². The quantitative estimate of drug-likeness (QED) is 0.403. The standard InChI is InChI=1S/C10H7N9O/c20-9-6-7(14-3-13-6)15-10(17-9)16-8-5-4(18-19-8)1-11-2-12-5/h1-3H,(H4,13,14,15,16,17,18,19,20). The van der Waals surface area contributed by atoms with E-state index in [9.17, 15) is 4.79 Å². The smallest absolute Gasteiger partial charge is 0.278 e. The molecule has 98 valence electrons. The molecule has 0 bridgehead atoms. The molecule has 0 aliphatic carbocycles. The SMILES string of the molecule is O=c1[nH]c(Nc2n[nH]c3cncnc23)nc2nc[nH]c12. The molecule has 10 heteroatoms. The molecule has 0 unspecified atom stereocenters. The van der Waals surface area contributed by atoms with Gasteiger partial charge in [0.25, 0.3) is 5.56 Å². The molecule has 0 saturated carbocycles. The lowest BCUT2D eigenvalue weighted by molar-refractivity contribution is 1.09. The topological polar surface area (TPSA) is 141 Å². The van der Waals surface area contributed by atoms with Crippen molar-refractivity contribution in [2.75, 3.05) is 5.32 Å². The van der Waals surface area contributed by atoms with E-state index < -0.39 is 0 Å². The monoisotopic (exact) mass is 269 g/mol. The number of aromatic amines is 3. The van der Waals surface area contributed by atoms with E-state index >= 15 is 0 Å². The van der Waals surface area contributed by atoms with Crippen LogP contribution in [0.2, 0.25) is 0 Å². The van der Waals surface area contributed by atoms with E-state index in [1.807, 2.05) is 0 Å². The highest BCUT2D eigenvalue weighted by Crippen LogP contribution is 2.18. The third kappa shape index (κ3) is 1.51. The fraction of sp³-hybridized carbons (Fsp3) is 0. The van der Waals surface area contributed by atoms with Gasteiger partial charge in [-0.2, -0.15) is 10.1 Å². The third-order valence-electron chi connectivity index (χ3n) is 2.76. The Kier molecular flexibility index (Phi) is 2.04. The fourth-order valence-electron chi connectivity index (χ4n) is 1.87. The van der Waals surface area contributed by atoms with Crippen molar-refractivity contribution >= 4 is 34.0 Å². The van der Waals surface area contributed by atoms with Gasteiger partial charge < -0.3 is 10.3 Å². The molecule has 0 aliphatic heterocycles. The summed E-state index contributed by atoms with van der Waals surface area (Å²) in [6.45, 7) is 0. The van der Waals surface area contributed by atoms with Crippen LogP contribution < -0.4 is 10.9 Å². The minimum atomic E-state index is -0.315. The Balaban J connectivity index is 1.82. The summed E-state index contributed by atoms with van der Waals surface area (Å²) in [5.41, 5.74) is 1.61. The molecule has 0 saturated heterocycles. The molecular formula is C10H7N9O. The van der Waals surface area contributed by atoms with Crippen molar-refractivity contribution < 1.29 is 0 Å². The minimum absolute atomic E-state index is 0.238. The first-order valence-corrected chi connectivity index (χ1v) is 5.66. The van der Waals surface area contributed by atoms with E-state index in [2.05, 4.69) is 45.4 Å². The second-order valence-corrected chi connectivity index (χ2v) is 4.00. The summed E-state index contributed by atoms with van der Waals surface area (Å²) >= 11 is 0. The van der Waals surface area contributed by atoms with Crippen LogP contribution in [-0.2, 0) is 0 Å². The summed E-state index contributed by atoms with van der Waals surface area (Å²) in [5, 5.41) is 9.73. The van der Waals surface area contributed by atoms with Crippen LogP contribution in [0.5, 0.6) is 0 Å². The highest BCUT2D eigenvalue weighted by Gasteiger charge is 2.10. The maximum absolute atomic E-state index is 11.8. The number of fused-ring (bicyclic) bond motifs is 2. The molecule has 0 aromatic carbocycles. The number of rotatable bonds is 2. The molecule has 10 nitrogen and oxygen atoms in total. The van der Waals surface area contributed by atoms with Crippen molar-refractivity contribution in [3.05, 3.63) is 29.2 Å². The van der Waals surface area contributed by atoms with Crippen molar-refractivity contribution in [2.24, 2.45) is 0 Å². The lowest BCUT2D eigenvalue weighted by atomic mass is 10.4. The van der Waals surface area contributed by atoms with Gasteiger partial charge in [0.05, 0.1) is 12.5 Å². The Morgan fingerprint density at radius 1 is 1.25 bits per heavy atom. The van der Waals surface area contributed by atoms with Crippen molar-refractivity contribution in [3.63, 3.8) is 0 Å². The first-order chi connectivity index (χ1) is 9.81. The molecule has 4 heterocycles. The second-order valence-electron chi connectivity index (χ2n) is 4.00. The van der Waals surface area contributed by atoms with E-state index in [0.29, 0.717) is 28.0 Å². The summed E-state index contributed by atoms with van der Waals surface area (Å²) in [7, 11) is 0. The van der Waals surface area contributed by atoms with E-state index in [1.54, 1.807) is 6.20 Å². The second kappa shape index (κ2) is 3.85. The van der Waals surface area contributed by atoms with E-state index in [1.165, 1.54) is 12.7 Å². The molecule has 0 amide bonds. The molecule has 4 aromatic heterocycles. The van der Waals surface area contributed by atoms with Gasteiger partial charge in [-0.15, -0.1) is 0 Å². The number of hydrogen-bond donors (Lipinski definition) is 4. The van der Waals surface area contributed by atoms with Crippen LogP contribution in [0.4, 0.5) is 11.8 Å². The Morgan fingerprint density at radius 3 is 3.15 bits per heavy atom. The van der Waals surface area contributed by atoms with E-state index in [0.717, 1.165) is 0 Å². The van der Waals surface area contributed by atoms with Crippen molar-refractivity contribution in [2.45, 2.75) is 0 Å². The van der Waals surface area contributed by atoms with Crippen LogP contribution in [0.3, 0.4) is 0 Å². The molecule has 0 radical (unpaired) electrons. The summed E-state index contributed by atoms with van der Waals surface area (Å²) in [6, 6.07) is 0. The minimum Gasteiger partial charge on any atom is -0.339 e. The van der Waals surface area contributed by atoms with E-state index in [4.69, 9.17) is 0 Å². The summed E-state index contributed by atoms with van der Waals surface area (Å²) < 4.78 is 0. The first kappa shape index (κ1) is 10.6. The zero-order chi connectivity index (χ0) is 13.5. The molecule has 4 N–H and O–H groups in total. The molecule has 4 aromatic rings. The third-order valence-corrected chi connectivity index (χ3v) is 2.76. The number of nitrogens with one attached hydrogen (secondary N) is 4. The summed E-state index contributed by atoms with van der Waals surface area (Å²) in [6.07, 6.45) is 4.43. The predicted octanol–water partition coefficient (Wildman–Crippen LogP) is 0.0561. The fourth-order valence-corrected chi connectivity index (χ4v) is 1.87. The lowest BCUT2D eigenvalue weighted by Gasteiger charge is -2.01. The summed E-state index contributed by atoms with van der Waals surface area (Å²) in [4.78, 5) is 33.2. The molecule has 0 fully saturated rings. The number of hydrogen-bond acceptors (Lipinski definition) is 7. The lowest BCUT2D eigenvalue weighted by Crippen LogP contribution is -2.11. The van der Waals surface area contributed by atoms with Crippen LogP contribution in [0, 0.1) is 0 Å². The van der Waals surface area contributed by atoms with Crippen LogP contribution in [0.1, 0.15) is 0 Å². The van der Waals surface area contributed by atoms with Gasteiger partial charge in [0.1, 0.15) is 17.4 Å². The normalized spacial score (nSPS) is 11.2. The van der Waals surface area contributed by atoms with Crippen LogP contribution >= 0.6 is 0 Å². The molecule has 0 spiro atoms. The molecular weight excluding hydrogens is 262 g/mol.